The number of thioether (sulfide) groups is 1. The molecule has 88 valence electrons. The summed E-state index contributed by atoms with van der Waals surface area (Å²) in [7, 11) is 0. The number of hydrogen-bond acceptors (Lipinski definition) is 5. The lowest BCUT2D eigenvalue weighted by atomic mass is 10.2. The van der Waals surface area contributed by atoms with E-state index in [1.54, 1.807) is 23.9 Å². The Morgan fingerprint density at radius 2 is 2.19 bits per heavy atom. The summed E-state index contributed by atoms with van der Waals surface area (Å²) in [5.41, 5.74) is 13.0. The Morgan fingerprint density at radius 1 is 1.44 bits per heavy atom. The highest BCUT2D eigenvalue weighted by Crippen LogP contribution is 2.44. The first kappa shape index (κ1) is 11.4. The molecule has 0 radical (unpaired) electrons. The maximum absolute atomic E-state index is 5.89. The van der Waals surface area contributed by atoms with Crippen LogP contribution in [0.25, 0.3) is 0 Å². The van der Waals surface area contributed by atoms with Crippen molar-refractivity contribution in [3.05, 3.63) is 12.1 Å². The highest BCUT2D eigenvalue weighted by Gasteiger charge is 2.24. The number of anilines is 2. The molecule has 1 aliphatic heterocycles. The molecule has 16 heavy (non-hydrogen) atoms. The smallest absolute Gasteiger partial charge is 0.158 e. The number of rotatable bonds is 3. The topological polar surface area (TPSA) is 70.5 Å². The van der Waals surface area contributed by atoms with Gasteiger partial charge in [0.05, 0.1) is 10.6 Å². The minimum Gasteiger partial charge on any atom is -0.487 e. The van der Waals surface area contributed by atoms with E-state index >= 15 is 0 Å². The zero-order valence-electron chi connectivity index (χ0n) is 9.23. The standard InChI is InChI=1S/C11H16N2O2S/c1-2-5-14-9-6-15-10-7(12)3-4-8(13)11(10)16-9/h3-4,9H,2,5-6,12-13H2,1H3. The van der Waals surface area contributed by atoms with E-state index in [1.807, 2.05) is 0 Å². The van der Waals surface area contributed by atoms with Gasteiger partial charge in [-0.3, -0.25) is 0 Å². The zero-order chi connectivity index (χ0) is 11.5. The third kappa shape index (κ3) is 2.20. The fraction of sp³-hybridized carbons (Fsp3) is 0.455. The first-order valence-corrected chi connectivity index (χ1v) is 6.19. The monoisotopic (exact) mass is 240 g/mol. The number of ether oxygens (including phenoxy) is 2. The van der Waals surface area contributed by atoms with E-state index < -0.39 is 0 Å². The first-order chi connectivity index (χ1) is 7.72. The molecule has 2 rings (SSSR count). The van der Waals surface area contributed by atoms with E-state index in [9.17, 15) is 0 Å². The van der Waals surface area contributed by atoms with Crippen molar-refractivity contribution in [3.63, 3.8) is 0 Å². The summed E-state index contributed by atoms with van der Waals surface area (Å²) in [6.45, 7) is 3.33. The molecule has 0 aromatic heterocycles. The second-order valence-corrected chi connectivity index (χ2v) is 4.80. The van der Waals surface area contributed by atoms with Gasteiger partial charge in [-0.15, -0.1) is 0 Å². The van der Waals surface area contributed by atoms with Crippen molar-refractivity contribution in [2.24, 2.45) is 0 Å². The van der Waals surface area contributed by atoms with Crippen LogP contribution < -0.4 is 16.2 Å². The Hall–Kier alpha value is -1.07. The highest BCUT2D eigenvalue weighted by molar-refractivity contribution is 8.00. The van der Waals surface area contributed by atoms with Crippen molar-refractivity contribution in [1.82, 2.24) is 0 Å². The third-order valence-electron chi connectivity index (χ3n) is 2.29. The van der Waals surface area contributed by atoms with Gasteiger partial charge < -0.3 is 20.9 Å². The van der Waals surface area contributed by atoms with Gasteiger partial charge in [-0.05, 0) is 18.6 Å². The summed E-state index contributed by atoms with van der Waals surface area (Å²) in [6.07, 6.45) is 0.996. The summed E-state index contributed by atoms with van der Waals surface area (Å²) in [5, 5.41) is 0. The lowest BCUT2D eigenvalue weighted by molar-refractivity contribution is 0.0723. The van der Waals surface area contributed by atoms with Crippen molar-refractivity contribution in [2.75, 3.05) is 24.7 Å². The Balaban J connectivity index is 2.16. The van der Waals surface area contributed by atoms with Gasteiger partial charge in [-0.25, -0.2) is 0 Å². The van der Waals surface area contributed by atoms with E-state index in [2.05, 4.69) is 6.92 Å². The second-order valence-electron chi connectivity index (χ2n) is 3.63. The Labute approximate surface area is 99.3 Å². The van der Waals surface area contributed by atoms with Crippen LogP contribution in [0.1, 0.15) is 13.3 Å². The molecular weight excluding hydrogens is 224 g/mol. The summed E-state index contributed by atoms with van der Waals surface area (Å²) in [4.78, 5) is 0.896. The van der Waals surface area contributed by atoms with Crippen LogP contribution in [0.4, 0.5) is 11.4 Å². The van der Waals surface area contributed by atoms with Crippen LogP contribution in [-0.4, -0.2) is 18.6 Å². The van der Waals surface area contributed by atoms with E-state index in [-0.39, 0.29) is 5.44 Å². The van der Waals surface area contributed by atoms with Crippen molar-refractivity contribution >= 4 is 23.1 Å². The summed E-state index contributed by atoms with van der Waals surface area (Å²) in [5.74, 6) is 0.696. The molecule has 1 aromatic rings. The number of nitrogen functional groups attached to an aromatic ring is 2. The van der Waals surface area contributed by atoms with Gasteiger partial charge in [-0.1, -0.05) is 18.7 Å². The zero-order valence-corrected chi connectivity index (χ0v) is 10.0. The van der Waals surface area contributed by atoms with Crippen LogP contribution in [0.15, 0.2) is 17.0 Å². The molecule has 0 fully saturated rings. The second kappa shape index (κ2) is 4.84. The SMILES string of the molecule is CCCOC1COc2c(N)ccc(N)c2S1. The van der Waals surface area contributed by atoms with Crippen LogP contribution in [0, 0.1) is 0 Å². The number of hydrogen-bond donors (Lipinski definition) is 2. The molecule has 1 aliphatic rings. The van der Waals surface area contributed by atoms with Gasteiger partial charge in [0.25, 0.3) is 0 Å². The predicted octanol–water partition coefficient (Wildman–Crippen LogP) is 2.09. The van der Waals surface area contributed by atoms with E-state index in [1.165, 1.54) is 0 Å². The van der Waals surface area contributed by atoms with Gasteiger partial charge in [0, 0.05) is 12.3 Å². The molecule has 1 atom stereocenters. The molecule has 0 spiro atoms. The summed E-state index contributed by atoms with van der Waals surface area (Å²) in [6, 6.07) is 3.56. The minimum absolute atomic E-state index is 0.0107. The van der Waals surface area contributed by atoms with Gasteiger partial charge in [0.1, 0.15) is 12.0 Å². The fourth-order valence-corrected chi connectivity index (χ4v) is 2.56. The first-order valence-electron chi connectivity index (χ1n) is 5.31. The molecule has 4 nitrogen and oxygen atoms in total. The third-order valence-corrected chi connectivity index (χ3v) is 3.49. The predicted molar refractivity (Wildman–Crippen MR) is 66.6 cm³/mol. The molecule has 1 unspecified atom stereocenters. The molecule has 0 aliphatic carbocycles. The molecule has 0 saturated heterocycles. The molecule has 1 heterocycles. The molecular formula is C11H16N2O2S. The average Bonchev–Trinajstić information content (AvgIpc) is 2.31. The van der Waals surface area contributed by atoms with Gasteiger partial charge in [0.2, 0.25) is 0 Å². The summed E-state index contributed by atoms with van der Waals surface area (Å²) >= 11 is 1.59. The van der Waals surface area contributed by atoms with Gasteiger partial charge in [-0.2, -0.15) is 0 Å². The Bertz CT molecular complexity index is 384. The summed E-state index contributed by atoms with van der Waals surface area (Å²) < 4.78 is 11.2. The van der Waals surface area contributed by atoms with Crippen LogP contribution >= 0.6 is 11.8 Å². The number of fused-ring (bicyclic) bond motifs is 1. The van der Waals surface area contributed by atoms with E-state index in [0.717, 1.165) is 17.9 Å². The van der Waals surface area contributed by atoms with Crippen molar-refractivity contribution in [3.8, 4) is 5.75 Å². The minimum atomic E-state index is 0.0107. The maximum Gasteiger partial charge on any atom is 0.158 e. The largest absolute Gasteiger partial charge is 0.487 e. The Kier molecular flexibility index (Phi) is 3.46. The van der Waals surface area contributed by atoms with Crippen LogP contribution in [0.2, 0.25) is 0 Å². The van der Waals surface area contributed by atoms with Crippen molar-refractivity contribution in [1.29, 1.82) is 0 Å². The van der Waals surface area contributed by atoms with Gasteiger partial charge in [0.15, 0.2) is 5.75 Å². The molecule has 5 heteroatoms. The van der Waals surface area contributed by atoms with Gasteiger partial charge >= 0.3 is 0 Å². The highest BCUT2D eigenvalue weighted by atomic mass is 32.2. The molecule has 1 aromatic carbocycles. The van der Waals surface area contributed by atoms with Crippen molar-refractivity contribution in [2.45, 2.75) is 23.7 Å². The number of benzene rings is 1. The van der Waals surface area contributed by atoms with Crippen molar-refractivity contribution < 1.29 is 9.47 Å². The van der Waals surface area contributed by atoms with Crippen LogP contribution in [0.5, 0.6) is 5.75 Å². The quantitative estimate of drug-likeness (QED) is 0.792. The van der Waals surface area contributed by atoms with E-state index in [0.29, 0.717) is 23.7 Å². The average molecular weight is 240 g/mol. The lowest BCUT2D eigenvalue weighted by Gasteiger charge is -2.26. The maximum atomic E-state index is 5.89. The van der Waals surface area contributed by atoms with E-state index in [4.69, 9.17) is 20.9 Å². The molecule has 0 bridgehead atoms. The molecule has 4 N–H and O–H groups in total. The lowest BCUT2D eigenvalue weighted by Crippen LogP contribution is -2.23. The molecule has 0 saturated carbocycles. The molecule has 0 amide bonds. The fourth-order valence-electron chi connectivity index (χ4n) is 1.51. The Morgan fingerprint density at radius 3 is 2.94 bits per heavy atom. The normalized spacial score (nSPS) is 18.9. The van der Waals surface area contributed by atoms with Crippen LogP contribution in [-0.2, 0) is 4.74 Å². The number of nitrogens with two attached hydrogens (primary N) is 2. The van der Waals surface area contributed by atoms with Crippen LogP contribution in [0.3, 0.4) is 0 Å².